The first kappa shape index (κ1) is 17.4. The van der Waals surface area contributed by atoms with E-state index in [1.807, 2.05) is 0 Å². The third-order valence-corrected chi connectivity index (χ3v) is 3.52. The zero-order valence-electron chi connectivity index (χ0n) is 11.2. The van der Waals surface area contributed by atoms with Crippen LogP contribution in [0.5, 0.6) is 0 Å². The highest BCUT2D eigenvalue weighted by Crippen LogP contribution is 2.19. The van der Waals surface area contributed by atoms with E-state index >= 15 is 0 Å². The van der Waals surface area contributed by atoms with Crippen LogP contribution in [0.3, 0.4) is 0 Å². The van der Waals surface area contributed by atoms with Crippen LogP contribution in [-0.2, 0) is 4.79 Å². The molecule has 1 atom stereocenters. The highest BCUT2D eigenvalue weighted by atomic mass is 79.9. The number of carbonyl (C=O) groups is 1. The molecule has 1 aromatic rings. The Morgan fingerprint density at radius 3 is 3.00 bits per heavy atom. The third kappa shape index (κ3) is 5.01. The summed E-state index contributed by atoms with van der Waals surface area (Å²) in [6, 6.07) is 4.97. The van der Waals surface area contributed by atoms with Crippen LogP contribution in [-0.4, -0.2) is 43.0 Å². The second-order valence-electron chi connectivity index (χ2n) is 4.76. The Hall–Kier alpha value is -0.690. The van der Waals surface area contributed by atoms with Crippen molar-refractivity contribution in [2.75, 3.05) is 31.5 Å². The molecule has 1 aromatic carbocycles. The molecule has 0 bridgehead atoms. The number of carbonyl (C=O) groups excluding carboxylic acids is 1. The van der Waals surface area contributed by atoms with Crippen LogP contribution in [0.25, 0.3) is 0 Å². The van der Waals surface area contributed by atoms with Crippen LogP contribution in [0.2, 0.25) is 0 Å². The van der Waals surface area contributed by atoms with Gasteiger partial charge in [0.2, 0.25) is 5.91 Å². The molecule has 7 heteroatoms. The number of nitrogens with one attached hydrogen (secondary N) is 2. The van der Waals surface area contributed by atoms with E-state index in [0.717, 1.165) is 19.6 Å². The smallest absolute Gasteiger partial charge is 0.238 e. The van der Waals surface area contributed by atoms with Gasteiger partial charge in [-0.3, -0.25) is 9.69 Å². The Morgan fingerprint density at radius 1 is 1.60 bits per heavy atom. The Labute approximate surface area is 132 Å². The number of halogens is 3. The lowest BCUT2D eigenvalue weighted by Crippen LogP contribution is -2.51. The van der Waals surface area contributed by atoms with Gasteiger partial charge < -0.3 is 10.6 Å². The van der Waals surface area contributed by atoms with Gasteiger partial charge in [0, 0.05) is 30.1 Å². The number of benzene rings is 1. The molecule has 0 aliphatic carbocycles. The molecule has 20 heavy (non-hydrogen) atoms. The first-order valence-corrected chi connectivity index (χ1v) is 7.04. The molecule has 1 fully saturated rings. The summed E-state index contributed by atoms with van der Waals surface area (Å²) < 4.78 is 14.2. The number of anilines is 1. The van der Waals surface area contributed by atoms with Gasteiger partial charge in [-0.1, -0.05) is 15.9 Å². The van der Waals surface area contributed by atoms with Crippen LogP contribution in [0.1, 0.15) is 6.92 Å². The lowest BCUT2D eigenvalue weighted by Gasteiger charge is -2.31. The van der Waals surface area contributed by atoms with E-state index in [9.17, 15) is 9.18 Å². The first-order valence-electron chi connectivity index (χ1n) is 6.25. The van der Waals surface area contributed by atoms with E-state index in [0.29, 0.717) is 17.1 Å². The molecular weight excluding hydrogens is 349 g/mol. The fourth-order valence-corrected chi connectivity index (χ4v) is 2.47. The Morgan fingerprint density at radius 2 is 2.35 bits per heavy atom. The summed E-state index contributed by atoms with van der Waals surface area (Å²) in [6.07, 6.45) is 0. The Kier molecular flexibility index (Phi) is 6.88. The highest BCUT2D eigenvalue weighted by molar-refractivity contribution is 9.10. The van der Waals surface area contributed by atoms with Crippen molar-refractivity contribution in [3.63, 3.8) is 0 Å². The first-order chi connectivity index (χ1) is 9.04. The molecule has 2 rings (SSSR count). The quantitative estimate of drug-likeness (QED) is 0.862. The maximum Gasteiger partial charge on any atom is 0.238 e. The number of piperazine rings is 1. The largest absolute Gasteiger partial charge is 0.322 e. The van der Waals surface area contributed by atoms with Gasteiger partial charge in [0.1, 0.15) is 5.82 Å². The SMILES string of the molecule is CC1CN(CC(=O)Nc2ccc(Br)cc2F)CCN1.Cl. The van der Waals surface area contributed by atoms with E-state index < -0.39 is 5.82 Å². The average molecular weight is 367 g/mol. The summed E-state index contributed by atoms with van der Waals surface area (Å²) in [5, 5.41) is 5.91. The Balaban J connectivity index is 0.00000200. The number of nitrogens with zero attached hydrogens (tertiary/aromatic N) is 1. The molecule has 0 saturated carbocycles. The van der Waals surface area contributed by atoms with E-state index in [4.69, 9.17) is 0 Å². The van der Waals surface area contributed by atoms with Gasteiger partial charge in [0.15, 0.2) is 0 Å². The second-order valence-corrected chi connectivity index (χ2v) is 5.68. The predicted molar refractivity (Wildman–Crippen MR) is 83.9 cm³/mol. The van der Waals surface area contributed by atoms with Crippen LogP contribution in [0.4, 0.5) is 10.1 Å². The summed E-state index contributed by atoms with van der Waals surface area (Å²) in [5.74, 6) is -0.619. The molecule has 0 aromatic heterocycles. The van der Waals surface area contributed by atoms with Crippen LogP contribution < -0.4 is 10.6 Å². The maximum atomic E-state index is 13.6. The number of hydrogen-bond acceptors (Lipinski definition) is 3. The molecule has 1 amide bonds. The van der Waals surface area contributed by atoms with E-state index in [-0.39, 0.29) is 24.0 Å². The van der Waals surface area contributed by atoms with Gasteiger partial charge in [-0.05, 0) is 25.1 Å². The summed E-state index contributed by atoms with van der Waals surface area (Å²) in [7, 11) is 0. The summed E-state index contributed by atoms with van der Waals surface area (Å²) in [5.41, 5.74) is 0.219. The number of rotatable bonds is 3. The molecule has 2 N–H and O–H groups in total. The molecule has 1 unspecified atom stereocenters. The van der Waals surface area contributed by atoms with Crippen LogP contribution >= 0.6 is 28.3 Å². The molecule has 1 aliphatic heterocycles. The molecule has 1 heterocycles. The van der Waals surface area contributed by atoms with Crippen molar-refractivity contribution in [1.29, 1.82) is 0 Å². The van der Waals surface area contributed by atoms with Crippen molar-refractivity contribution in [2.45, 2.75) is 13.0 Å². The second kappa shape index (κ2) is 7.93. The van der Waals surface area contributed by atoms with Crippen LogP contribution in [0, 0.1) is 5.82 Å². The molecule has 1 aliphatic rings. The molecule has 0 radical (unpaired) electrons. The molecule has 112 valence electrons. The minimum absolute atomic E-state index is 0. The van der Waals surface area contributed by atoms with E-state index in [1.54, 1.807) is 12.1 Å². The van der Waals surface area contributed by atoms with Gasteiger partial charge in [-0.25, -0.2) is 4.39 Å². The molecule has 4 nitrogen and oxygen atoms in total. The van der Waals surface area contributed by atoms with Gasteiger partial charge in [-0.15, -0.1) is 12.4 Å². The lowest BCUT2D eigenvalue weighted by atomic mass is 10.2. The van der Waals surface area contributed by atoms with Crippen molar-refractivity contribution in [3.8, 4) is 0 Å². The van der Waals surface area contributed by atoms with Crippen molar-refractivity contribution in [3.05, 3.63) is 28.5 Å². The zero-order chi connectivity index (χ0) is 13.8. The maximum absolute atomic E-state index is 13.6. The molecule has 0 spiro atoms. The number of amides is 1. The van der Waals surface area contributed by atoms with Gasteiger partial charge in [-0.2, -0.15) is 0 Å². The van der Waals surface area contributed by atoms with Crippen LogP contribution in [0.15, 0.2) is 22.7 Å². The van der Waals surface area contributed by atoms with Crippen molar-refractivity contribution in [1.82, 2.24) is 10.2 Å². The highest BCUT2D eigenvalue weighted by Gasteiger charge is 2.18. The van der Waals surface area contributed by atoms with E-state index in [2.05, 4.69) is 38.4 Å². The minimum atomic E-state index is -0.434. The third-order valence-electron chi connectivity index (χ3n) is 3.03. The fourth-order valence-electron chi connectivity index (χ4n) is 2.14. The average Bonchev–Trinajstić information content (AvgIpc) is 2.33. The van der Waals surface area contributed by atoms with Gasteiger partial charge in [0.25, 0.3) is 0 Å². The summed E-state index contributed by atoms with van der Waals surface area (Å²) in [4.78, 5) is 13.9. The Bertz CT molecular complexity index is 475. The molecular formula is C13H18BrClFN3O. The lowest BCUT2D eigenvalue weighted by molar-refractivity contribution is -0.117. The predicted octanol–water partition coefficient (Wildman–Crippen LogP) is 2.24. The van der Waals surface area contributed by atoms with Crippen molar-refractivity contribution in [2.24, 2.45) is 0 Å². The normalized spacial score (nSPS) is 19.2. The minimum Gasteiger partial charge on any atom is -0.322 e. The zero-order valence-corrected chi connectivity index (χ0v) is 13.6. The number of hydrogen-bond donors (Lipinski definition) is 2. The van der Waals surface area contributed by atoms with Crippen molar-refractivity contribution >= 4 is 39.9 Å². The molecule has 1 saturated heterocycles. The fraction of sp³-hybridized carbons (Fsp3) is 0.462. The van der Waals surface area contributed by atoms with Gasteiger partial charge in [0.05, 0.1) is 12.2 Å². The standard InChI is InChI=1S/C13H17BrFN3O.ClH/c1-9-7-18(5-4-16-9)8-13(19)17-12-3-2-10(14)6-11(12)15;/h2-3,6,9,16H,4-5,7-8H2,1H3,(H,17,19);1H. The summed E-state index contributed by atoms with van der Waals surface area (Å²) in [6.45, 7) is 4.91. The monoisotopic (exact) mass is 365 g/mol. The summed E-state index contributed by atoms with van der Waals surface area (Å²) >= 11 is 3.18. The topological polar surface area (TPSA) is 44.4 Å². The van der Waals surface area contributed by atoms with E-state index in [1.165, 1.54) is 6.07 Å². The van der Waals surface area contributed by atoms with Gasteiger partial charge >= 0.3 is 0 Å². The van der Waals surface area contributed by atoms with Crippen molar-refractivity contribution < 1.29 is 9.18 Å².